The minimum atomic E-state index is -0.652. The van der Waals surface area contributed by atoms with Crippen LogP contribution in [0.4, 0.5) is 0 Å². The van der Waals surface area contributed by atoms with Crippen molar-refractivity contribution in [2.45, 2.75) is 53.4 Å². The molecule has 1 rings (SSSR count). The van der Waals surface area contributed by atoms with Crippen LogP contribution in [0, 0.1) is 17.8 Å². The van der Waals surface area contributed by atoms with Crippen LogP contribution in [0.3, 0.4) is 0 Å². The van der Waals surface area contributed by atoms with Gasteiger partial charge in [0.05, 0.1) is 26.2 Å². The Hall–Kier alpha value is -3.84. The van der Waals surface area contributed by atoms with E-state index < -0.39 is 42.6 Å². The van der Waals surface area contributed by atoms with Crippen molar-refractivity contribution < 1.29 is 38.4 Å². The van der Waals surface area contributed by atoms with Crippen molar-refractivity contribution in [2.24, 2.45) is 17.8 Å². The molecule has 1 aliphatic rings. The number of likely N-dealkylation sites (tertiary alicyclic amines) is 1. The Morgan fingerprint density at radius 3 is 1.62 bits per heavy atom. The second-order valence-electron chi connectivity index (χ2n) is 9.87. The molecular formula is C25H40N6O8. The highest BCUT2D eigenvalue weighted by Crippen LogP contribution is 2.26. The van der Waals surface area contributed by atoms with Crippen molar-refractivity contribution in [1.29, 1.82) is 0 Å². The van der Waals surface area contributed by atoms with E-state index in [2.05, 4.69) is 26.6 Å². The molecule has 14 heteroatoms. The third-order valence-electron chi connectivity index (χ3n) is 5.99. The molecule has 1 fully saturated rings. The van der Waals surface area contributed by atoms with Gasteiger partial charge in [-0.3, -0.25) is 43.3 Å². The lowest BCUT2D eigenvalue weighted by Gasteiger charge is -2.16. The van der Waals surface area contributed by atoms with Gasteiger partial charge in [-0.15, -0.1) is 0 Å². The summed E-state index contributed by atoms with van der Waals surface area (Å²) in [5.74, 6) is -3.65. The Morgan fingerprint density at radius 2 is 1.18 bits per heavy atom. The molecule has 0 spiro atoms. The van der Waals surface area contributed by atoms with Crippen molar-refractivity contribution in [3.05, 3.63) is 0 Å². The summed E-state index contributed by atoms with van der Waals surface area (Å²) in [6.07, 6.45) is 0.659. The van der Waals surface area contributed by atoms with Crippen molar-refractivity contribution in [3.8, 4) is 0 Å². The largest absolute Gasteiger partial charge is 0.354 e. The molecule has 39 heavy (non-hydrogen) atoms. The Morgan fingerprint density at radius 1 is 0.718 bits per heavy atom. The quantitative estimate of drug-likeness (QED) is 0.127. The number of carbonyl (C=O) groups excluding carboxylic acids is 8. The fourth-order valence-corrected chi connectivity index (χ4v) is 3.53. The molecule has 1 unspecified atom stereocenters. The predicted molar refractivity (Wildman–Crippen MR) is 138 cm³/mol. The number of rotatable bonds is 17. The first-order chi connectivity index (χ1) is 18.3. The first-order valence-corrected chi connectivity index (χ1v) is 13.0. The Bertz CT molecular complexity index is 949. The lowest BCUT2D eigenvalue weighted by Crippen LogP contribution is -2.45. The van der Waals surface area contributed by atoms with Gasteiger partial charge in [-0.25, -0.2) is 0 Å². The van der Waals surface area contributed by atoms with Gasteiger partial charge in [0.2, 0.25) is 41.4 Å². The van der Waals surface area contributed by atoms with Gasteiger partial charge in [0, 0.05) is 44.2 Å². The summed E-state index contributed by atoms with van der Waals surface area (Å²) in [4.78, 5) is 96.0. The highest BCUT2D eigenvalue weighted by molar-refractivity contribution is 6.03. The summed E-state index contributed by atoms with van der Waals surface area (Å²) in [7, 11) is 0. The van der Waals surface area contributed by atoms with Gasteiger partial charge in [-0.1, -0.05) is 27.7 Å². The monoisotopic (exact) mass is 552 g/mol. The Balaban J connectivity index is 2.13. The molecule has 0 bridgehead atoms. The van der Waals surface area contributed by atoms with Crippen LogP contribution >= 0.6 is 0 Å². The van der Waals surface area contributed by atoms with E-state index in [1.165, 1.54) is 4.90 Å². The van der Waals surface area contributed by atoms with Crippen molar-refractivity contribution in [2.75, 3.05) is 39.3 Å². The fourth-order valence-electron chi connectivity index (χ4n) is 3.53. The van der Waals surface area contributed by atoms with Crippen LogP contribution in [0.15, 0.2) is 0 Å². The molecule has 5 N–H and O–H groups in total. The minimum absolute atomic E-state index is 0.0143. The van der Waals surface area contributed by atoms with Crippen LogP contribution < -0.4 is 26.6 Å². The summed E-state index contributed by atoms with van der Waals surface area (Å²) in [6, 6.07) is 0. The number of nitrogens with zero attached hydrogens (tertiary/aromatic N) is 1. The van der Waals surface area contributed by atoms with Crippen molar-refractivity contribution in [1.82, 2.24) is 31.5 Å². The van der Waals surface area contributed by atoms with E-state index in [1.54, 1.807) is 13.8 Å². The van der Waals surface area contributed by atoms with Gasteiger partial charge in [0.25, 0.3) is 0 Å². The maximum Gasteiger partial charge on any atom is 0.239 e. The molecule has 1 atom stereocenters. The zero-order valence-electron chi connectivity index (χ0n) is 23.0. The van der Waals surface area contributed by atoms with Gasteiger partial charge in [0.15, 0.2) is 0 Å². The Kier molecular flexibility index (Phi) is 14.4. The Labute approximate surface area is 227 Å². The predicted octanol–water partition coefficient (Wildman–Crippen LogP) is -2.01. The van der Waals surface area contributed by atoms with E-state index in [0.29, 0.717) is 0 Å². The molecule has 1 aliphatic heterocycles. The number of Topliss-reactive ketones (excluding diaryl/α,β-unsaturated/α-hetero) is 1. The maximum atomic E-state index is 12.3. The van der Waals surface area contributed by atoms with E-state index in [9.17, 15) is 38.4 Å². The van der Waals surface area contributed by atoms with Gasteiger partial charge in [-0.2, -0.15) is 0 Å². The molecule has 218 valence electrons. The van der Waals surface area contributed by atoms with Gasteiger partial charge < -0.3 is 26.6 Å². The zero-order valence-corrected chi connectivity index (χ0v) is 23.0. The maximum absolute atomic E-state index is 12.3. The number of nitrogens with one attached hydrogen (secondary N) is 5. The van der Waals surface area contributed by atoms with E-state index in [0.717, 1.165) is 0 Å². The molecular weight excluding hydrogens is 512 g/mol. The molecule has 1 saturated heterocycles. The average Bonchev–Trinajstić information content (AvgIpc) is 3.16. The first-order valence-electron chi connectivity index (χ1n) is 13.0. The molecule has 0 radical (unpaired) electrons. The third kappa shape index (κ3) is 13.0. The van der Waals surface area contributed by atoms with Crippen LogP contribution in [-0.2, 0) is 38.4 Å². The number of carbonyl (C=O) groups is 8. The second-order valence-corrected chi connectivity index (χ2v) is 9.87. The lowest BCUT2D eigenvalue weighted by molar-refractivity contribution is -0.140. The van der Waals surface area contributed by atoms with Crippen LogP contribution in [0.1, 0.15) is 53.4 Å². The standard InChI is InChI=1S/C25H40N6O8/c1-15(2)17-10-24(38)31(25(17)39)9-5-6-19(33)27-12-21(35)29-14-23(37)30-13-22(36)28-11-20(34)26-8-7-18(32)16(3)4/h15-17H,5-14H2,1-4H3,(H,26,34)(H,27,33)(H,28,36)(H,29,35)(H,30,37). The molecule has 0 aromatic rings. The topological polar surface area (TPSA) is 200 Å². The van der Waals surface area contributed by atoms with Crippen LogP contribution in [0.25, 0.3) is 0 Å². The smallest absolute Gasteiger partial charge is 0.239 e. The first kappa shape index (κ1) is 33.2. The van der Waals surface area contributed by atoms with Gasteiger partial charge >= 0.3 is 0 Å². The number of hydrogen-bond donors (Lipinski definition) is 5. The number of imide groups is 1. The normalized spacial score (nSPS) is 14.8. The van der Waals surface area contributed by atoms with Crippen molar-refractivity contribution >= 4 is 47.1 Å². The number of hydrogen-bond acceptors (Lipinski definition) is 8. The van der Waals surface area contributed by atoms with Gasteiger partial charge in [0.1, 0.15) is 5.78 Å². The number of ketones is 1. The summed E-state index contributed by atoms with van der Waals surface area (Å²) in [6.45, 7) is 6.06. The fraction of sp³-hybridized carbons (Fsp3) is 0.680. The third-order valence-corrected chi connectivity index (χ3v) is 5.99. The lowest BCUT2D eigenvalue weighted by atomic mass is 9.94. The van der Waals surface area contributed by atoms with Crippen molar-refractivity contribution in [3.63, 3.8) is 0 Å². The zero-order chi connectivity index (χ0) is 29.5. The molecule has 0 aliphatic carbocycles. The molecule has 0 saturated carbocycles. The summed E-state index contributed by atoms with van der Waals surface area (Å²) >= 11 is 0. The molecule has 7 amide bonds. The summed E-state index contributed by atoms with van der Waals surface area (Å²) in [5, 5.41) is 11.8. The van der Waals surface area contributed by atoms with E-state index in [-0.39, 0.29) is 87.2 Å². The highest BCUT2D eigenvalue weighted by atomic mass is 16.2. The second kappa shape index (κ2) is 16.9. The van der Waals surface area contributed by atoms with E-state index >= 15 is 0 Å². The molecule has 14 nitrogen and oxygen atoms in total. The summed E-state index contributed by atoms with van der Waals surface area (Å²) in [5.41, 5.74) is 0. The van der Waals surface area contributed by atoms with Crippen LogP contribution in [-0.4, -0.2) is 91.3 Å². The van der Waals surface area contributed by atoms with Gasteiger partial charge in [-0.05, 0) is 12.3 Å². The van der Waals surface area contributed by atoms with Crippen LogP contribution in [0.5, 0.6) is 0 Å². The molecule has 0 aromatic carbocycles. The minimum Gasteiger partial charge on any atom is -0.354 e. The average molecular weight is 553 g/mol. The highest BCUT2D eigenvalue weighted by Gasteiger charge is 2.39. The van der Waals surface area contributed by atoms with E-state index in [1.807, 2.05) is 13.8 Å². The SMILES string of the molecule is CC(C)C(=O)CCNC(=O)CNC(=O)CNC(=O)CNC(=O)CNC(=O)CCCN1C(=O)CC(C(C)C)C1=O. The summed E-state index contributed by atoms with van der Waals surface area (Å²) < 4.78 is 0. The number of amides is 7. The van der Waals surface area contributed by atoms with Crippen LogP contribution in [0.2, 0.25) is 0 Å². The van der Waals surface area contributed by atoms with E-state index in [4.69, 9.17) is 0 Å². The molecule has 1 heterocycles. The molecule has 0 aromatic heterocycles.